The number of carbonyl (C=O) groups is 2. The maximum Gasteiger partial charge on any atom is 0.346 e. The van der Waals surface area contributed by atoms with Gasteiger partial charge in [-0.1, -0.05) is 5.16 Å². The van der Waals surface area contributed by atoms with Gasteiger partial charge in [-0.2, -0.15) is 0 Å². The van der Waals surface area contributed by atoms with E-state index < -0.39 is 18.5 Å². The molecule has 0 saturated heterocycles. The van der Waals surface area contributed by atoms with E-state index in [9.17, 15) is 9.59 Å². The van der Waals surface area contributed by atoms with E-state index in [0.717, 1.165) is 0 Å². The first-order chi connectivity index (χ1) is 7.91. The molecule has 0 spiro atoms. The zero-order valence-electron chi connectivity index (χ0n) is 9.85. The lowest BCUT2D eigenvalue weighted by atomic mass is 10.2. The predicted octanol–water partition coefficient (Wildman–Crippen LogP) is 0.674. The number of nitrogens with zero attached hydrogens (tertiary/aromatic N) is 1. The van der Waals surface area contributed by atoms with Gasteiger partial charge in [-0.3, -0.25) is 0 Å². The standard InChI is InChI=1S/C10H14N2O5/c1-5(2)16-7(13)4-15-10(14)8-6(3)12-17-9(8)11/h5H,4,11H2,1-3H3. The number of carbonyl (C=O) groups excluding carboxylic acids is 2. The lowest BCUT2D eigenvalue weighted by Crippen LogP contribution is -2.20. The van der Waals surface area contributed by atoms with Crippen molar-refractivity contribution in [2.75, 3.05) is 12.3 Å². The molecule has 1 aromatic heterocycles. The van der Waals surface area contributed by atoms with E-state index in [-0.39, 0.29) is 17.6 Å². The lowest BCUT2D eigenvalue weighted by Gasteiger charge is -2.07. The van der Waals surface area contributed by atoms with Gasteiger partial charge >= 0.3 is 11.9 Å². The third kappa shape index (κ3) is 3.47. The SMILES string of the molecule is Cc1noc(N)c1C(=O)OCC(=O)OC(C)C. The lowest BCUT2D eigenvalue weighted by molar-refractivity contribution is -0.150. The van der Waals surface area contributed by atoms with Crippen LogP contribution in [0.25, 0.3) is 0 Å². The number of aryl methyl sites for hydroxylation is 1. The Hall–Kier alpha value is -2.05. The van der Waals surface area contributed by atoms with Crippen molar-refractivity contribution in [3.63, 3.8) is 0 Å². The molecule has 0 aromatic carbocycles. The van der Waals surface area contributed by atoms with E-state index in [1.54, 1.807) is 20.8 Å². The maximum atomic E-state index is 11.5. The third-order valence-electron chi connectivity index (χ3n) is 1.78. The Morgan fingerprint density at radius 1 is 1.47 bits per heavy atom. The molecule has 1 heterocycles. The van der Waals surface area contributed by atoms with Gasteiger partial charge in [0.05, 0.1) is 11.8 Å². The zero-order chi connectivity index (χ0) is 13.0. The second-order valence-electron chi connectivity index (χ2n) is 3.62. The minimum absolute atomic E-state index is 0.0300. The van der Waals surface area contributed by atoms with Crippen LogP contribution in [0.15, 0.2) is 4.52 Å². The van der Waals surface area contributed by atoms with E-state index in [1.165, 1.54) is 0 Å². The van der Waals surface area contributed by atoms with Crippen LogP contribution in [0, 0.1) is 6.92 Å². The Bertz CT molecular complexity index is 405. The van der Waals surface area contributed by atoms with Gasteiger partial charge in [-0.05, 0) is 20.8 Å². The molecule has 0 radical (unpaired) electrons. The second kappa shape index (κ2) is 5.33. The van der Waals surface area contributed by atoms with Crippen LogP contribution in [0.1, 0.15) is 29.9 Å². The van der Waals surface area contributed by atoms with Gasteiger partial charge in [0, 0.05) is 0 Å². The first kappa shape index (κ1) is 13.0. The van der Waals surface area contributed by atoms with Gasteiger partial charge in [0.2, 0.25) is 5.88 Å². The van der Waals surface area contributed by atoms with Crippen molar-refractivity contribution >= 4 is 17.8 Å². The molecule has 0 saturated carbocycles. The van der Waals surface area contributed by atoms with Crippen molar-refractivity contribution < 1.29 is 23.6 Å². The largest absolute Gasteiger partial charge is 0.460 e. The van der Waals surface area contributed by atoms with Crippen molar-refractivity contribution in [1.82, 2.24) is 5.16 Å². The average molecular weight is 242 g/mol. The zero-order valence-corrected chi connectivity index (χ0v) is 9.85. The Labute approximate surface area is 97.8 Å². The van der Waals surface area contributed by atoms with Crippen LogP contribution in [-0.4, -0.2) is 29.8 Å². The predicted molar refractivity (Wildman–Crippen MR) is 57.2 cm³/mol. The van der Waals surface area contributed by atoms with Crippen LogP contribution in [-0.2, 0) is 14.3 Å². The summed E-state index contributed by atoms with van der Waals surface area (Å²) < 4.78 is 14.1. The molecule has 7 nitrogen and oxygen atoms in total. The summed E-state index contributed by atoms with van der Waals surface area (Å²) in [5.74, 6) is -1.52. The molecule has 0 bridgehead atoms. The quantitative estimate of drug-likeness (QED) is 0.773. The second-order valence-corrected chi connectivity index (χ2v) is 3.62. The van der Waals surface area contributed by atoms with Gasteiger partial charge in [0.15, 0.2) is 6.61 Å². The first-order valence-electron chi connectivity index (χ1n) is 5.00. The molecule has 0 aliphatic carbocycles. The molecular weight excluding hydrogens is 228 g/mol. The molecule has 0 aliphatic rings. The third-order valence-corrected chi connectivity index (χ3v) is 1.78. The van der Waals surface area contributed by atoms with E-state index in [1.807, 2.05) is 0 Å². The van der Waals surface area contributed by atoms with Crippen molar-refractivity contribution in [1.29, 1.82) is 0 Å². The molecule has 0 atom stereocenters. The van der Waals surface area contributed by atoms with Gasteiger partial charge < -0.3 is 19.7 Å². The first-order valence-corrected chi connectivity index (χ1v) is 5.00. The number of aromatic nitrogens is 1. The summed E-state index contributed by atoms with van der Waals surface area (Å²) in [7, 11) is 0. The van der Waals surface area contributed by atoms with Crippen LogP contribution in [0.3, 0.4) is 0 Å². The summed E-state index contributed by atoms with van der Waals surface area (Å²) in [5.41, 5.74) is 5.72. The summed E-state index contributed by atoms with van der Waals surface area (Å²) in [4.78, 5) is 22.7. The molecule has 94 valence electrons. The number of hydrogen-bond acceptors (Lipinski definition) is 7. The highest BCUT2D eigenvalue weighted by Crippen LogP contribution is 2.16. The van der Waals surface area contributed by atoms with Crippen LogP contribution < -0.4 is 5.73 Å². The molecule has 0 fully saturated rings. The maximum absolute atomic E-state index is 11.5. The molecule has 1 rings (SSSR count). The highest BCUT2D eigenvalue weighted by atomic mass is 16.6. The summed E-state index contributed by atoms with van der Waals surface area (Å²) in [5, 5.41) is 3.50. The Morgan fingerprint density at radius 3 is 2.59 bits per heavy atom. The number of hydrogen-bond donors (Lipinski definition) is 1. The van der Waals surface area contributed by atoms with E-state index >= 15 is 0 Å². The number of nitrogen functional groups attached to an aromatic ring is 1. The van der Waals surface area contributed by atoms with E-state index in [2.05, 4.69) is 9.68 Å². The minimum atomic E-state index is -0.762. The summed E-state index contributed by atoms with van der Waals surface area (Å²) >= 11 is 0. The number of esters is 2. The number of nitrogens with two attached hydrogens (primary N) is 1. The van der Waals surface area contributed by atoms with Crippen molar-refractivity contribution in [2.45, 2.75) is 26.9 Å². The van der Waals surface area contributed by atoms with Gasteiger partial charge in [0.25, 0.3) is 0 Å². The van der Waals surface area contributed by atoms with Crippen LogP contribution >= 0.6 is 0 Å². The monoisotopic (exact) mass is 242 g/mol. The van der Waals surface area contributed by atoms with E-state index in [0.29, 0.717) is 5.69 Å². The number of rotatable bonds is 4. The molecule has 0 unspecified atom stereocenters. The smallest absolute Gasteiger partial charge is 0.346 e. The molecule has 1 aromatic rings. The minimum Gasteiger partial charge on any atom is -0.460 e. The van der Waals surface area contributed by atoms with E-state index in [4.69, 9.17) is 15.2 Å². The molecule has 0 amide bonds. The molecule has 2 N–H and O–H groups in total. The van der Waals surface area contributed by atoms with Gasteiger partial charge in [-0.25, -0.2) is 9.59 Å². The van der Waals surface area contributed by atoms with Crippen LogP contribution in [0.5, 0.6) is 0 Å². The summed E-state index contributed by atoms with van der Waals surface area (Å²) in [6, 6.07) is 0. The Morgan fingerprint density at radius 2 is 2.12 bits per heavy atom. The highest BCUT2D eigenvalue weighted by Gasteiger charge is 2.21. The van der Waals surface area contributed by atoms with Crippen LogP contribution in [0.4, 0.5) is 5.88 Å². The van der Waals surface area contributed by atoms with Crippen molar-refractivity contribution in [3.05, 3.63) is 11.3 Å². The normalized spacial score (nSPS) is 10.4. The fourth-order valence-electron chi connectivity index (χ4n) is 1.13. The Balaban J connectivity index is 2.54. The highest BCUT2D eigenvalue weighted by molar-refractivity contribution is 5.95. The number of ether oxygens (including phenoxy) is 2. The van der Waals surface area contributed by atoms with Crippen LogP contribution in [0.2, 0.25) is 0 Å². The topological polar surface area (TPSA) is 105 Å². The summed E-state index contributed by atoms with van der Waals surface area (Å²) in [6.07, 6.45) is -0.261. The van der Waals surface area contributed by atoms with Crippen molar-refractivity contribution in [3.8, 4) is 0 Å². The van der Waals surface area contributed by atoms with Crippen molar-refractivity contribution in [2.24, 2.45) is 0 Å². The molecular formula is C10H14N2O5. The number of anilines is 1. The summed E-state index contributed by atoms with van der Waals surface area (Å²) in [6.45, 7) is 4.47. The fraction of sp³-hybridized carbons (Fsp3) is 0.500. The Kier molecular flexibility index (Phi) is 4.08. The van der Waals surface area contributed by atoms with Gasteiger partial charge in [0.1, 0.15) is 5.56 Å². The fourth-order valence-corrected chi connectivity index (χ4v) is 1.13. The molecule has 7 heteroatoms. The molecule has 0 aliphatic heterocycles. The van der Waals surface area contributed by atoms with Gasteiger partial charge in [-0.15, -0.1) is 0 Å². The molecule has 17 heavy (non-hydrogen) atoms. The average Bonchev–Trinajstić information content (AvgIpc) is 2.54.